The number of thiocarbonyl (C=S) groups is 1. The lowest BCUT2D eigenvalue weighted by molar-refractivity contribution is 1.05. The van der Waals surface area contributed by atoms with Gasteiger partial charge in [-0.3, -0.25) is 10.4 Å². The average molecular weight is 291 g/mol. The summed E-state index contributed by atoms with van der Waals surface area (Å²) < 4.78 is 0. The van der Waals surface area contributed by atoms with Gasteiger partial charge in [-0.25, -0.2) is 0 Å². The van der Waals surface area contributed by atoms with Gasteiger partial charge in [0.2, 0.25) is 0 Å². The molecule has 2 aromatic rings. The van der Waals surface area contributed by atoms with Crippen LogP contribution >= 0.6 is 23.8 Å². The van der Waals surface area contributed by atoms with Crippen molar-refractivity contribution in [2.75, 3.05) is 5.32 Å². The predicted octanol–water partition coefficient (Wildman–Crippen LogP) is 3.06. The third-order valence-electron chi connectivity index (χ3n) is 2.19. The molecule has 1 heterocycles. The predicted molar refractivity (Wildman–Crippen MR) is 82.6 cm³/mol. The van der Waals surface area contributed by atoms with Crippen molar-refractivity contribution in [2.45, 2.75) is 0 Å². The third-order valence-corrected chi connectivity index (χ3v) is 2.63. The number of nitrogens with one attached hydrogen (secondary N) is 2. The van der Waals surface area contributed by atoms with Gasteiger partial charge in [0.25, 0.3) is 0 Å². The Morgan fingerprint density at radius 3 is 2.53 bits per heavy atom. The van der Waals surface area contributed by atoms with Crippen LogP contribution in [0, 0.1) is 0 Å². The first-order valence-corrected chi connectivity index (χ1v) is 6.28. The van der Waals surface area contributed by atoms with E-state index in [-0.39, 0.29) is 0 Å². The molecule has 0 saturated heterocycles. The van der Waals surface area contributed by atoms with E-state index in [1.165, 1.54) is 0 Å². The maximum Gasteiger partial charge on any atom is 0.191 e. The molecule has 19 heavy (non-hydrogen) atoms. The molecule has 96 valence electrons. The van der Waals surface area contributed by atoms with Crippen molar-refractivity contribution in [3.05, 3.63) is 59.4 Å². The van der Waals surface area contributed by atoms with Gasteiger partial charge in [-0.05, 0) is 54.2 Å². The molecule has 1 aromatic carbocycles. The van der Waals surface area contributed by atoms with Crippen molar-refractivity contribution < 1.29 is 0 Å². The molecule has 2 rings (SSSR count). The van der Waals surface area contributed by atoms with Crippen LogP contribution < -0.4 is 10.7 Å². The average Bonchev–Trinajstić information content (AvgIpc) is 2.43. The van der Waals surface area contributed by atoms with Crippen molar-refractivity contribution in [3.8, 4) is 0 Å². The van der Waals surface area contributed by atoms with Crippen LogP contribution in [0.4, 0.5) is 5.69 Å². The highest BCUT2D eigenvalue weighted by Gasteiger charge is 1.95. The largest absolute Gasteiger partial charge is 0.331 e. The smallest absolute Gasteiger partial charge is 0.191 e. The van der Waals surface area contributed by atoms with E-state index in [4.69, 9.17) is 23.8 Å². The van der Waals surface area contributed by atoms with Gasteiger partial charge in [0, 0.05) is 23.1 Å². The SMILES string of the molecule is S=C(N/N=C\c1ccncc1)Nc1ccc(Cl)cc1. The molecule has 0 fully saturated rings. The maximum absolute atomic E-state index is 5.79. The first-order chi connectivity index (χ1) is 9.24. The standard InChI is InChI=1S/C13H11ClN4S/c14-11-1-3-12(4-2-11)17-13(19)18-16-9-10-5-7-15-8-6-10/h1-9H,(H2,17,18,19)/b16-9-. The van der Waals surface area contributed by atoms with Crippen LogP contribution in [-0.2, 0) is 0 Å². The van der Waals surface area contributed by atoms with E-state index in [0.717, 1.165) is 11.3 Å². The number of benzene rings is 1. The molecular weight excluding hydrogens is 280 g/mol. The summed E-state index contributed by atoms with van der Waals surface area (Å²) in [6, 6.07) is 10.9. The molecule has 0 aliphatic rings. The number of aromatic nitrogens is 1. The lowest BCUT2D eigenvalue weighted by Gasteiger charge is -2.06. The maximum atomic E-state index is 5.79. The zero-order valence-electron chi connectivity index (χ0n) is 9.88. The summed E-state index contributed by atoms with van der Waals surface area (Å²) in [6.07, 6.45) is 5.06. The second-order valence-corrected chi connectivity index (χ2v) is 4.46. The molecule has 0 bridgehead atoms. The lowest BCUT2D eigenvalue weighted by Crippen LogP contribution is -2.23. The number of rotatable bonds is 3. The number of anilines is 1. The van der Waals surface area contributed by atoms with E-state index in [1.807, 2.05) is 24.3 Å². The highest BCUT2D eigenvalue weighted by atomic mass is 35.5. The van der Waals surface area contributed by atoms with E-state index in [0.29, 0.717) is 10.1 Å². The van der Waals surface area contributed by atoms with E-state index in [1.54, 1.807) is 30.7 Å². The van der Waals surface area contributed by atoms with Crippen molar-refractivity contribution in [2.24, 2.45) is 5.10 Å². The fourth-order valence-corrected chi connectivity index (χ4v) is 1.60. The molecular formula is C13H11ClN4S. The van der Waals surface area contributed by atoms with Crippen LogP contribution in [0.25, 0.3) is 0 Å². The molecule has 0 unspecified atom stereocenters. The molecule has 0 aliphatic carbocycles. The summed E-state index contributed by atoms with van der Waals surface area (Å²) in [5.74, 6) is 0. The summed E-state index contributed by atoms with van der Waals surface area (Å²) in [7, 11) is 0. The topological polar surface area (TPSA) is 49.3 Å². The Labute approximate surface area is 121 Å². The van der Waals surface area contributed by atoms with Crippen molar-refractivity contribution in [1.29, 1.82) is 0 Å². The van der Waals surface area contributed by atoms with Gasteiger partial charge in [0.15, 0.2) is 5.11 Å². The molecule has 2 N–H and O–H groups in total. The highest BCUT2D eigenvalue weighted by molar-refractivity contribution is 7.80. The van der Waals surface area contributed by atoms with Gasteiger partial charge in [-0.1, -0.05) is 11.6 Å². The second-order valence-electron chi connectivity index (χ2n) is 3.61. The normalized spacial score (nSPS) is 10.4. The number of hydrazone groups is 1. The van der Waals surface area contributed by atoms with Gasteiger partial charge in [-0.2, -0.15) is 5.10 Å². The molecule has 0 amide bonds. The number of pyridine rings is 1. The van der Waals surface area contributed by atoms with Crippen LogP contribution in [0.3, 0.4) is 0 Å². The second kappa shape index (κ2) is 6.82. The van der Waals surface area contributed by atoms with Crippen molar-refractivity contribution in [3.63, 3.8) is 0 Å². The van der Waals surface area contributed by atoms with Gasteiger partial charge in [0.05, 0.1) is 6.21 Å². The molecule has 0 spiro atoms. The minimum Gasteiger partial charge on any atom is -0.331 e. The molecule has 0 aliphatic heterocycles. The first-order valence-electron chi connectivity index (χ1n) is 5.50. The van der Waals surface area contributed by atoms with Gasteiger partial charge in [-0.15, -0.1) is 0 Å². The summed E-state index contributed by atoms with van der Waals surface area (Å²) in [4.78, 5) is 3.92. The summed E-state index contributed by atoms with van der Waals surface area (Å²) in [5.41, 5.74) is 4.52. The molecule has 1 aromatic heterocycles. The van der Waals surface area contributed by atoms with Gasteiger partial charge in [0.1, 0.15) is 0 Å². The van der Waals surface area contributed by atoms with Crippen LogP contribution in [0.2, 0.25) is 5.02 Å². The Hall–Kier alpha value is -1.98. The molecule has 0 saturated carbocycles. The Balaban J connectivity index is 1.85. The van der Waals surface area contributed by atoms with Gasteiger partial charge < -0.3 is 5.32 Å². The zero-order chi connectivity index (χ0) is 13.5. The quantitative estimate of drug-likeness (QED) is 0.518. The molecule has 0 radical (unpaired) electrons. The Kier molecular flexibility index (Phi) is 4.83. The van der Waals surface area contributed by atoms with E-state index in [2.05, 4.69) is 20.8 Å². The molecule has 0 atom stereocenters. The Bertz CT molecular complexity index is 569. The number of halogens is 1. The highest BCUT2D eigenvalue weighted by Crippen LogP contribution is 2.12. The molecule has 6 heteroatoms. The lowest BCUT2D eigenvalue weighted by atomic mass is 10.3. The third kappa shape index (κ3) is 4.65. The van der Waals surface area contributed by atoms with Crippen molar-refractivity contribution in [1.82, 2.24) is 10.4 Å². The zero-order valence-corrected chi connectivity index (χ0v) is 11.4. The van der Waals surface area contributed by atoms with E-state index in [9.17, 15) is 0 Å². The Morgan fingerprint density at radius 1 is 1.16 bits per heavy atom. The van der Waals surface area contributed by atoms with Crippen molar-refractivity contribution >= 4 is 40.8 Å². The summed E-state index contributed by atoms with van der Waals surface area (Å²) in [6.45, 7) is 0. The summed E-state index contributed by atoms with van der Waals surface area (Å²) in [5, 5.41) is 8.10. The first kappa shape index (κ1) is 13.5. The van der Waals surface area contributed by atoms with Crippen LogP contribution in [0.15, 0.2) is 53.9 Å². The van der Waals surface area contributed by atoms with E-state index < -0.39 is 0 Å². The fourth-order valence-electron chi connectivity index (χ4n) is 1.31. The van der Waals surface area contributed by atoms with Crippen LogP contribution in [0.1, 0.15) is 5.56 Å². The van der Waals surface area contributed by atoms with Gasteiger partial charge >= 0.3 is 0 Å². The van der Waals surface area contributed by atoms with E-state index >= 15 is 0 Å². The minimum atomic E-state index is 0.410. The number of hydrogen-bond acceptors (Lipinski definition) is 3. The Morgan fingerprint density at radius 2 is 1.84 bits per heavy atom. The minimum absolute atomic E-state index is 0.410. The number of nitrogens with zero attached hydrogens (tertiary/aromatic N) is 2. The van der Waals surface area contributed by atoms with Crippen LogP contribution in [0.5, 0.6) is 0 Å². The summed E-state index contributed by atoms with van der Waals surface area (Å²) >= 11 is 10.9. The molecule has 4 nitrogen and oxygen atoms in total. The monoisotopic (exact) mass is 290 g/mol. The van der Waals surface area contributed by atoms with Crippen LogP contribution in [-0.4, -0.2) is 16.3 Å². The number of hydrogen-bond donors (Lipinski definition) is 2. The fraction of sp³-hybridized carbons (Fsp3) is 0.